The van der Waals surface area contributed by atoms with Gasteiger partial charge in [-0.25, -0.2) is 19.9 Å². The van der Waals surface area contributed by atoms with Gasteiger partial charge in [-0.3, -0.25) is 19.2 Å². The Balaban J connectivity index is 0.000000300. The zero-order chi connectivity index (χ0) is 98.5. The summed E-state index contributed by atoms with van der Waals surface area (Å²) in [6.07, 6.45) is -16.4. The molecule has 0 bridgehead atoms. The molecule has 19 N–H and O–H groups in total. The maximum absolute atomic E-state index is 12.0. The van der Waals surface area contributed by atoms with E-state index in [1.165, 1.54) is 20.0 Å². The van der Waals surface area contributed by atoms with Crippen molar-refractivity contribution in [3.05, 3.63) is 47.0 Å². The van der Waals surface area contributed by atoms with Crippen molar-refractivity contribution in [1.82, 2.24) is 39.9 Å². The highest BCUT2D eigenvalue weighted by molar-refractivity contribution is 5.99. The number of hydrogen-bond acceptors (Lipinski definition) is 23. The van der Waals surface area contributed by atoms with E-state index in [1.807, 2.05) is 48.5 Å². The average molecular weight is 1360 g/mol. The van der Waals surface area contributed by atoms with Crippen LogP contribution in [0.25, 0.3) is 0 Å². The molecule has 4 fully saturated rings. The highest BCUT2D eigenvalue weighted by Crippen LogP contribution is 2.38. The molecule has 95 heavy (non-hydrogen) atoms. The van der Waals surface area contributed by atoms with Crippen LogP contribution in [0.5, 0.6) is 0 Å². The lowest BCUT2D eigenvalue weighted by Gasteiger charge is -2.39. The van der Waals surface area contributed by atoms with E-state index < -0.39 is 196 Å². The van der Waals surface area contributed by atoms with E-state index in [2.05, 4.69) is 82.4 Å². The topological polar surface area (TPSA) is 432 Å². The van der Waals surface area contributed by atoms with E-state index in [-0.39, 0.29) is 69.6 Å². The van der Waals surface area contributed by atoms with E-state index in [0.29, 0.717) is 38.0 Å². The van der Waals surface area contributed by atoms with Crippen molar-refractivity contribution in [1.29, 1.82) is 0 Å². The Bertz CT molecular complexity index is 4580. The number of amides is 4. The summed E-state index contributed by atoms with van der Waals surface area (Å²) in [5.74, 6) is -12.3. The highest BCUT2D eigenvalue weighted by Gasteiger charge is 2.39. The van der Waals surface area contributed by atoms with Crippen LogP contribution in [0.3, 0.4) is 0 Å². The van der Waals surface area contributed by atoms with Gasteiger partial charge in [-0.1, -0.05) is 34.3 Å². The smallest absolute Gasteiger partial charge is 0.254 e. The van der Waals surface area contributed by atoms with Crippen molar-refractivity contribution in [2.45, 2.75) is 278 Å². The molecule has 4 aromatic rings. The first kappa shape index (κ1) is 43.6. The molecule has 0 spiro atoms. The third kappa shape index (κ3) is 24.9. The van der Waals surface area contributed by atoms with E-state index in [4.69, 9.17) is 65.4 Å². The first-order valence-corrected chi connectivity index (χ1v) is 30.3. The lowest BCUT2D eigenvalue weighted by Crippen LogP contribution is -2.44. The lowest BCUT2D eigenvalue weighted by atomic mass is 9.75. The fourth-order valence-corrected chi connectivity index (χ4v) is 9.03. The van der Waals surface area contributed by atoms with E-state index >= 15 is 0 Å². The van der Waals surface area contributed by atoms with Gasteiger partial charge < -0.3 is 80.8 Å². The Morgan fingerprint density at radius 1 is 0.474 bits per heavy atom. The van der Waals surface area contributed by atoms with Crippen LogP contribution >= 0.6 is 0 Å². The normalized spacial score (nSPS) is 37.7. The Labute approximate surface area is 607 Å². The molecule has 0 saturated heterocycles. The molecule has 12 atom stereocenters. The zero-order valence-electron chi connectivity index (χ0n) is 87.2. The molecule has 3 unspecified atom stereocenters. The van der Waals surface area contributed by atoms with Crippen molar-refractivity contribution in [2.75, 3.05) is 42.5 Å². The Kier molecular flexibility index (Phi) is 14.5. The SMILES string of the molecule is [2H]C([2H])([2H])C1CCC(Nc2nc(NC(C)(C)C)ncc2C(N)=O)CC1C.[2H]C([2H])([2H])[C@@H]1C([2H])([2H])C[C@@H](Nc2nc(NC(C)(C)C([2H])([2H])[2H])ncc2C(N)=O)C([2H])([2H])[C@@]1(C)O.[2H]C([2H])([2H])[C@@H]1C([2H])([2H])C[C@@H](Nc2nc(NC(C)(C)C)ncc2C(N)=O)C([2H])([2H])[C@@]1(C)O.[2H]C1([2H])C([2H])([2H])[C@]([2H])(C([2H])([2H])[2H])[C@](C)(O)C([2H])([2H])[C@]1([2H])Nc1nc(NC(C)(C)C)ncc1C(N)=O. The molecular formula is C68H116N20O7. The largest absolute Gasteiger partial charge is 0.390 e. The monoisotopic (exact) mass is 1360 g/mol. The maximum atomic E-state index is 12.0. The van der Waals surface area contributed by atoms with Crippen molar-refractivity contribution >= 4 is 70.7 Å². The molecule has 4 aliphatic rings. The number of nitrogens with two attached hydrogens (primary N) is 4. The second-order valence-corrected chi connectivity index (χ2v) is 27.4. The fraction of sp³-hybridized carbons (Fsp3) is 0.706. The fourth-order valence-electron chi connectivity index (χ4n) is 9.03. The number of aromatic nitrogens is 8. The van der Waals surface area contributed by atoms with Crippen LogP contribution in [0.15, 0.2) is 24.8 Å². The molecular weight excluding hydrogens is 1210 g/mol. The Morgan fingerprint density at radius 3 is 1.15 bits per heavy atom. The van der Waals surface area contributed by atoms with Crippen LogP contribution in [0, 0.1) is 29.6 Å². The number of nitrogens with zero attached hydrogens (tertiary/aromatic N) is 8. The number of nitrogens with one attached hydrogen (secondary N) is 8. The quantitative estimate of drug-likeness (QED) is 0.0496. The standard InChI is InChI=1S/3C17H29N5O2.C17H29N5O/c3*1-10-6-7-11(8-17(10,5)24)20-14-12(13(18)23)9-19-15(21-14)22-16(2,3)4;1-10-6-7-12(8-11(10)2)20-15-13(14(18)23)9-19-16(21-15)22-17(3,4)5/h3*9-11,24H,6-8H2,1-5H3,(H2,18,23)(H2,19,20,21,22);9-12H,6-8H2,1-5H3,(H2,18,23)(H2,19,20,21,22)/t10-,11+,17+;2*10-,11-,17-;/m011./s1/i1D3,6D2,7D2,8D2,10D,11D;1D3,2D3,6D2,8D2;1D3,6D2,8D2;1D3. The minimum Gasteiger partial charge on any atom is -0.390 e. The summed E-state index contributed by atoms with van der Waals surface area (Å²) in [7, 11) is 0. The molecule has 8 rings (SSSR count). The summed E-state index contributed by atoms with van der Waals surface area (Å²) in [4.78, 5) is 80.1. The van der Waals surface area contributed by atoms with Gasteiger partial charge in [0.1, 0.15) is 23.3 Å². The van der Waals surface area contributed by atoms with E-state index in [1.54, 1.807) is 20.8 Å². The molecule has 4 aliphatic carbocycles. The van der Waals surface area contributed by atoms with Crippen LogP contribution in [-0.4, -0.2) is 142 Å². The van der Waals surface area contributed by atoms with Gasteiger partial charge >= 0.3 is 0 Å². The highest BCUT2D eigenvalue weighted by atomic mass is 16.3. The van der Waals surface area contributed by atoms with Crippen LogP contribution in [0.1, 0.15) is 299 Å². The van der Waals surface area contributed by atoms with Gasteiger partial charge in [-0.05, 0) is 210 Å². The molecule has 0 radical (unpaired) electrons. The lowest BCUT2D eigenvalue weighted by molar-refractivity contribution is -0.0281. The molecule has 4 saturated carbocycles. The number of rotatable bonds is 16. The van der Waals surface area contributed by atoms with Gasteiger partial charge in [0.15, 0.2) is 0 Å². The molecule has 4 heterocycles. The third-order valence-corrected chi connectivity index (χ3v) is 13.8. The van der Waals surface area contributed by atoms with Crippen molar-refractivity contribution in [3.63, 3.8) is 0 Å². The minimum atomic E-state index is -3.85. The maximum Gasteiger partial charge on any atom is 0.254 e. The summed E-state index contributed by atoms with van der Waals surface area (Å²) in [5.41, 5.74) is 9.33. The van der Waals surface area contributed by atoms with Gasteiger partial charge in [0, 0.05) is 112 Å². The average Bonchev–Trinajstić information content (AvgIpc) is 0.648. The van der Waals surface area contributed by atoms with Gasteiger partial charge in [-0.15, -0.1) is 0 Å². The van der Waals surface area contributed by atoms with Crippen molar-refractivity contribution < 1.29 is 77.0 Å². The Hall–Kier alpha value is -7.52. The van der Waals surface area contributed by atoms with Gasteiger partial charge in [0.25, 0.3) is 23.6 Å². The molecule has 27 nitrogen and oxygen atoms in total. The predicted molar refractivity (Wildman–Crippen MR) is 378 cm³/mol. The van der Waals surface area contributed by atoms with Crippen molar-refractivity contribution in [3.8, 4) is 0 Å². The summed E-state index contributed by atoms with van der Waals surface area (Å²) >= 11 is 0. The summed E-state index contributed by atoms with van der Waals surface area (Å²) in [6.45, 7) is 9.80. The van der Waals surface area contributed by atoms with Crippen LogP contribution < -0.4 is 65.5 Å². The molecule has 4 amide bonds. The summed E-state index contributed by atoms with van der Waals surface area (Å²) in [5, 5.41) is 55.2. The van der Waals surface area contributed by atoms with Gasteiger partial charge in [0.2, 0.25) is 23.8 Å². The van der Waals surface area contributed by atoms with E-state index in [0.717, 1.165) is 32.4 Å². The second kappa shape index (κ2) is 31.6. The van der Waals surface area contributed by atoms with Crippen molar-refractivity contribution in [2.24, 2.45) is 52.5 Å². The predicted octanol–water partition coefficient (Wildman–Crippen LogP) is 9.43. The number of aliphatic hydroxyl groups is 3. The molecule has 530 valence electrons. The number of carbonyl (C=O) groups is 4. The molecule has 0 aliphatic heterocycles. The first-order chi connectivity index (χ1) is 55.7. The Morgan fingerprint density at radius 2 is 0.832 bits per heavy atom. The molecule has 27 heteroatoms. The summed E-state index contributed by atoms with van der Waals surface area (Å²) in [6, 6.07) is -6.47. The van der Waals surface area contributed by atoms with Crippen LogP contribution in [-0.2, 0) is 0 Å². The first-order valence-electron chi connectivity index (χ1n) is 45.8. The number of primary amides is 4. The van der Waals surface area contributed by atoms with Gasteiger partial charge in [-0.2, -0.15) is 19.9 Å². The van der Waals surface area contributed by atoms with Gasteiger partial charge in [0.05, 0.1) is 40.4 Å². The zero-order valence-corrected chi connectivity index (χ0v) is 56.2. The third-order valence-electron chi connectivity index (χ3n) is 13.8. The van der Waals surface area contributed by atoms with E-state index in [9.17, 15) is 34.5 Å². The second-order valence-electron chi connectivity index (χ2n) is 27.4. The van der Waals surface area contributed by atoms with Crippen LogP contribution in [0.4, 0.5) is 47.1 Å². The number of hydrogen-bond donors (Lipinski definition) is 15. The summed E-state index contributed by atoms with van der Waals surface area (Å²) < 4.78 is 249. The number of carbonyl (C=O) groups excluding carboxylic acids is 4. The minimum absolute atomic E-state index is 0.0408. The molecule has 0 aromatic carbocycles. The van der Waals surface area contributed by atoms with Crippen LogP contribution in [0.2, 0.25) is 0 Å². The molecule has 4 aromatic heterocycles. The number of anilines is 8.